The highest BCUT2D eigenvalue weighted by Crippen LogP contribution is 2.22. The summed E-state index contributed by atoms with van der Waals surface area (Å²) in [5.74, 6) is 0.898. The molecule has 3 aromatic carbocycles. The maximum absolute atomic E-state index is 13.0. The lowest BCUT2D eigenvalue weighted by molar-refractivity contribution is -0.384. The van der Waals surface area contributed by atoms with Gasteiger partial charge in [-0.3, -0.25) is 14.9 Å². The molecule has 0 aliphatic carbocycles. The van der Waals surface area contributed by atoms with E-state index in [0.717, 1.165) is 5.56 Å². The molecule has 1 amide bonds. The summed E-state index contributed by atoms with van der Waals surface area (Å²) in [7, 11) is 0. The quantitative estimate of drug-likeness (QED) is 0.227. The number of nitro benzene ring substituents is 1. The molecule has 10 heteroatoms. The molecule has 0 N–H and O–H groups in total. The van der Waals surface area contributed by atoms with E-state index in [2.05, 4.69) is 10.1 Å². The molecule has 4 aromatic rings. The Balaban J connectivity index is 1.43. The smallest absolute Gasteiger partial charge is 0.270 e. The van der Waals surface area contributed by atoms with Gasteiger partial charge in [0, 0.05) is 42.2 Å². The third kappa shape index (κ3) is 6.64. The molecule has 0 fully saturated rings. The number of carbonyl (C=O) groups excluding carboxylic acids is 1. The van der Waals surface area contributed by atoms with Crippen LogP contribution in [-0.4, -0.2) is 39.0 Å². The van der Waals surface area contributed by atoms with Gasteiger partial charge in [0.15, 0.2) is 6.61 Å². The van der Waals surface area contributed by atoms with Crippen LogP contribution in [0.5, 0.6) is 5.75 Å². The van der Waals surface area contributed by atoms with Crippen LogP contribution in [0.4, 0.5) is 5.69 Å². The van der Waals surface area contributed by atoms with Crippen LogP contribution < -0.4 is 4.74 Å². The Morgan fingerprint density at radius 3 is 2.57 bits per heavy atom. The molecule has 0 radical (unpaired) electrons. The predicted octanol–water partition coefficient (Wildman–Crippen LogP) is 4.95. The van der Waals surface area contributed by atoms with Crippen molar-refractivity contribution in [1.82, 2.24) is 15.0 Å². The van der Waals surface area contributed by atoms with Gasteiger partial charge in [0.25, 0.3) is 11.6 Å². The summed E-state index contributed by atoms with van der Waals surface area (Å²) in [6, 6.07) is 22.4. The molecular formula is C25H21ClN4O5. The lowest BCUT2D eigenvalue weighted by Gasteiger charge is -2.22. The topological polar surface area (TPSA) is 112 Å². The summed E-state index contributed by atoms with van der Waals surface area (Å²) in [5, 5.41) is 15.5. The van der Waals surface area contributed by atoms with Gasteiger partial charge in [-0.15, -0.1) is 0 Å². The number of hydrogen-bond acceptors (Lipinski definition) is 7. The van der Waals surface area contributed by atoms with Crippen molar-refractivity contribution in [3.63, 3.8) is 0 Å². The van der Waals surface area contributed by atoms with E-state index in [4.69, 9.17) is 20.9 Å². The molecule has 0 aliphatic rings. The number of amides is 1. The SMILES string of the molecule is O=C(COc1ccc(Cl)cc1)N(CCc1nc(-c2cccc([N+](=O)[O-])c2)no1)Cc1ccccc1. The van der Waals surface area contributed by atoms with Crippen LogP contribution in [0.15, 0.2) is 83.4 Å². The number of halogens is 1. The predicted molar refractivity (Wildman–Crippen MR) is 129 cm³/mol. The van der Waals surface area contributed by atoms with E-state index in [1.165, 1.54) is 12.1 Å². The molecule has 0 atom stereocenters. The zero-order valence-corrected chi connectivity index (χ0v) is 19.3. The zero-order chi connectivity index (χ0) is 24.6. The molecule has 1 aromatic heterocycles. The minimum absolute atomic E-state index is 0.0610. The van der Waals surface area contributed by atoms with Crippen molar-refractivity contribution in [3.05, 3.63) is 105 Å². The van der Waals surface area contributed by atoms with Crippen LogP contribution in [0.25, 0.3) is 11.4 Å². The fraction of sp³-hybridized carbons (Fsp3) is 0.160. The zero-order valence-electron chi connectivity index (χ0n) is 18.5. The molecule has 1 heterocycles. The van der Waals surface area contributed by atoms with Gasteiger partial charge >= 0.3 is 0 Å². The van der Waals surface area contributed by atoms with Crippen molar-refractivity contribution in [2.75, 3.05) is 13.2 Å². The highest BCUT2D eigenvalue weighted by atomic mass is 35.5. The Morgan fingerprint density at radius 2 is 1.83 bits per heavy atom. The maximum Gasteiger partial charge on any atom is 0.270 e. The van der Waals surface area contributed by atoms with Gasteiger partial charge in [-0.1, -0.05) is 59.2 Å². The van der Waals surface area contributed by atoms with Gasteiger partial charge in [0.1, 0.15) is 5.75 Å². The second-order valence-corrected chi connectivity index (χ2v) is 8.05. The van der Waals surface area contributed by atoms with Crippen molar-refractivity contribution in [3.8, 4) is 17.1 Å². The number of benzene rings is 3. The van der Waals surface area contributed by atoms with Crippen molar-refractivity contribution >= 4 is 23.2 Å². The number of aromatic nitrogens is 2. The highest BCUT2D eigenvalue weighted by Gasteiger charge is 2.18. The van der Waals surface area contributed by atoms with E-state index in [1.807, 2.05) is 30.3 Å². The van der Waals surface area contributed by atoms with Gasteiger partial charge < -0.3 is 14.2 Å². The fourth-order valence-corrected chi connectivity index (χ4v) is 3.45. The lowest BCUT2D eigenvalue weighted by atomic mass is 10.2. The number of carbonyl (C=O) groups is 1. The van der Waals surface area contributed by atoms with Crippen LogP contribution in [-0.2, 0) is 17.8 Å². The first kappa shape index (κ1) is 23.9. The van der Waals surface area contributed by atoms with Crippen molar-refractivity contribution < 1.29 is 19.0 Å². The van der Waals surface area contributed by atoms with E-state index < -0.39 is 4.92 Å². The number of hydrogen-bond donors (Lipinski definition) is 0. The van der Waals surface area contributed by atoms with Crippen LogP contribution in [0.3, 0.4) is 0 Å². The fourth-order valence-electron chi connectivity index (χ4n) is 3.33. The summed E-state index contributed by atoms with van der Waals surface area (Å²) in [6.07, 6.45) is 0.307. The summed E-state index contributed by atoms with van der Waals surface area (Å²) in [4.78, 5) is 29.5. The second-order valence-electron chi connectivity index (χ2n) is 7.61. The van der Waals surface area contributed by atoms with E-state index in [0.29, 0.717) is 41.7 Å². The lowest BCUT2D eigenvalue weighted by Crippen LogP contribution is -2.36. The van der Waals surface area contributed by atoms with Crippen molar-refractivity contribution in [2.45, 2.75) is 13.0 Å². The average Bonchev–Trinajstić information content (AvgIpc) is 3.36. The number of nitrogens with zero attached hydrogens (tertiary/aromatic N) is 4. The van der Waals surface area contributed by atoms with E-state index in [-0.39, 0.29) is 24.0 Å². The van der Waals surface area contributed by atoms with Crippen LogP contribution in [0.1, 0.15) is 11.5 Å². The molecule has 35 heavy (non-hydrogen) atoms. The molecule has 0 aliphatic heterocycles. The third-order valence-corrected chi connectivity index (χ3v) is 5.38. The molecule has 0 saturated heterocycles. The van der Waals surface area contributed by atoms with Crippen molar-refractivity contribution in [2.24, 2.45) is 0 Å². The van der Waals surface area contributed by atoms with Gasteiger partial charge in [-0.2, -0.15) is 4.98 Å². The van der Waals surface area contributed by atoms with E-state index in [1.54, 1.807) is 41.3 Å². The normalized spacial score (nSPS) is 10.7. The number of nitro groups is 1. The third-order valence-electron chi connectivity index (χ3n) is 5.12. The Morgan fingerprint density at radius 1 is 1.06 bits per heavy atom. The molecule has 178 valence electrons. The molecule has 0 spiro atoms. The van der Waals surface area contributed by atoms with Crippen molar-refractivity contribution in [1.29, 1.82) is 0 Å². The number of ether oxygens (including phenoxy) is 1. The van der Waals surface area contributed by atoms with Gasteiger partial charge in [0.05, 0.1) is 4.92 Å². The minimum atomic E-state index is -0.482. The number of rotatable bonds is 10. The second kappa shape index (κ2) is 11.3. The standard InChI is InChI=1S/C25H21ClN4O5/c26-20-9-11-22(12-10-20)34-17-24(31)29(16-18-5-2-1-3-6-18)14-13-23-27-25(28-35-23)19-7-4-8-21(15-19)30(32)33/h1-12,15H,13-14,16-17H2. The summed E-state index contributed by atoms with van der Waals surface area (Å²) < 4.78 is 11.0. The largest absolute Gasteiger partial charge is 0.484 e. The molecule has 0 unspecified atom stereocenters. The van der Waals surface area contributed by atoms with Crippen LogP contribution >= 0.6 is 11.6 Å². The average molecular weight is 493 g/mol. The maximum atomic E-state index is 13.0. The first-order valence-electron chi connectivity index (χ1n) is 10.8. The Bertz CT molecular complexity index is 1290. The van der Waals surface area contributed by atoms with Gasteiger partial charge in [0.2, 0.25) is 11.7 Å². The van der Waals surface area contributed by atoms with E-state index >= 15 is 0 Å². The molecule has 4 rings (SSSR count). The van der Waals surface area contributed by atoms with E-state index in [9.17, 15) is 14.9 Å². The van der Waals surface area contributed by atoms with Crippen LogP contribution in [0, 0.1) is 10.1 Å². The summed E-state index contributed by atoms with van der Waals surface area (Å²) in [5.41, 5.74) is 1.38. The van der Waals surface area contributed by atoms with Gasteiger partial charge in [-0.25, -0.2) is 0 Å². The molecule has 0 bridgehead atoms. The summed E-state index contributed by atoms with van der Waals surface area (Å²) >= 11 is 5.90. The highest BCUT2D eigenvalue weighted by molar-refractivity contribution is 6.30. The Hall–Kier alpha value is -4.24. The first-order chi connectivity index (χ1) is 17.0. The molecule has 0 saturated carbocycles. The number of non-ortho nitro benzene ring substituents is 1. The Labute approximate surface area is 206 Å². The molecular weight excluding hydrogens is 472 g/mol. The van der Waals surface area contributed by atoms with Gasteiger partial charge in [-0.05, 0) is 29.8 Å². The monoisotopic (exact) mass is 492 g/mol. The summed E-state index contributed by atoms with van der Waals surface area (Å²) in [6.45, 7) is 0.557. The van der Waals surface area contributed by atoms with Crippen LogP contribution in [0.2, 0.25) is 5.02 Å². The minimum Gasteiger partial charge on any atom is -0.484 e. The molecule has 9 nitrogen and oxygen atoms in total. The first-order valence-corrected chi connectivity index (χ1v) is 11.1. The Kier molecular flexibility index (Phi) is 7.69.